The number of nitrogens with zero attached hydrogens (tertiary/aromatic N) is 2. The van der Waals surface area contributed by atoms with Crippen LogP contribution >= 0.6 is 0 Å². The molecule has 1 aromatic rings. The van der Waals surface area contributed by atoms with Crippen LogP contribution in [-0.4, -0.2) is 16.7 Å². The van der Waals surface area contributed by atoms with E-state index in [1.807, 2.05) is 0 Å². The molecule has 0 aromatic carbocycles. The Bertz CT molecular complexity index is 365. The van der Waals surface area contributed by atoms with Crippen LogP contribution in [0.1, 0.15) is 26.5 Å². The maximum absolute atomic E-state index is 11.3. The topological polar surface area (TPSA) is 53.3 Å². The molecule has 17 heavy (non-hydrogen) atoms. The van der Waals surface area contributed by atoms with Crippen molar-refractivity contribution in [2.24, 2.45) is 0 Å². The summed E-state index contributed by atoms with van der Waals surface area (Å²) in [6, 6.07) is 3.36. The Hall–Kier alpha value is -0.515. The summed E-state index contributed by atoms with van der Waals surface area (Å²) in [5.41, 5.74) is 0.361. The van der Waals surface area contributed by atoms with Gasteiger partial charge in [0.25, 0.3) is 0 Å². The first-order chi connectivity index (χ1) is 6.88. The molecule has 0 fully saturated rings. The fraction of sp³-hybridized carbons (Fsp3) is 0.364. The van der Waals surface area contributed by atoms with Gasteiger partial charge in [0.2, 0.25) is 6.09 Å². The van der Waals surface area contributed by atoms with E-state index in [-0.39, 0.29) is 37.7 Å². The van der Waals surface area contributed by atoms with Crippen molar-refractivity contribution in [2.75, 3.05) is 0 Å². The van der Waals surface area contributed by atoms with Crippen molar-refractivity contribution >= 4 is 11.8 Å². The van der Waals surface area contributed by atoms with E-state index in [9.17, 15) is 4.79 Å². The van der Waals surface area contributed by atoms with Crippen LogP contribution in [0.3, 0.4) is 0 Å². The molecule has 0 radical (unpaired) electrons. The standard InChI is InChI=1S/C11H15N2O2.2Li/c1-8-9(6-5-7-12-8)13-10(14)15-11(2,3)4;;/h5-7H,1H2,2-4H3,(H,13,14);;/q-1;2*+1/p-1. The molecule has 0 atom stereocenters. The van der Waals surface area contributed by atoms with Crippen LogP contribution in [0.15, 0.2) is 18.3 Å². The molecular formula is C11H14Li2N2O2. The minimum Gasteiger partial charge on any atom is -0.674 e. The zero-order valence-electron chi connectivity index (χ0n) is 11.2. The van der Waals surface area contributed by atoms with Crippen molar-refractivity contribution in [3.05, 3.63) is 36.3 Å². The number of carbonyl (C=O) groups excluding carboxylic acids is 1. The zero-order valence-corrected chi connectivity index (χ0v) is 11.2. The molecule has 0 aliphatic rings. The first kappa shape index (κ1) is 18.8. The smallest absolute Gasteiger partial charge is 0.674 e. The SMILES string of the molecule is [CH2-]c1ncccc1[N-]C(=O)OC(C)(C)C.[Li+].[Li+]. The molecule has 0 aliphatic heterocycles. The number of carbonyl (C=O) groups is 1. The number of pyridine rings is 1. The summed E-state index contributed by atoms with van der Waals surface area (Å²) in [5.74, 6) is 0. The van der Waals surface area contributed by atoms with Crippen LogP contribution in [0.4, 0.5) is 10.5 Å². The van der Waals surface area contributed by atoms with Gasteiger partial charge in [-0.15, -0.1) is 5.69 Å². The van der Waals surface area contributed by atoms with Crippen LogP contribution in [0.2, 0.25) is 0 Å². The van der Waals surface area contributed by atoms with Gasteiger partial charge in [-0.25, -0.2) is 6.92 Å². The van der Waals surface area contributed by atoms with Crippen molar-refractivity contribution in [2.45, 2.75) is 26.4 Å². The fourth-order valence-electron chi connectivity index (χ4n) is 0.914. The summed E-state index contributed by atoms with van der Waals surface area (Å²) < 4.78 is 5.04. The summed E-state index contributed by atoms with van der Waals surface area (Å²) in [7, 11) is 0. The second-order valence-corrected chi connectivity index (χ2v) is 4.06. The summed E-state index contributed by atoms with van der Waals surface area (Å²) in [5, 5.41) is 3.76. The number of hydrogen-bond donors (Lipinski definition) is 0. The summed E-state index contributed by atoms with van der Waals surface area (Å²) >= 11 is 0. The Morgan fingerprint density at radius 2 is 2.00 bits per heavy atom. The largest absolute Gasteiger partial charge is 1.00 e. The molecule has 0 N–H and O–H groups in total. The minimum atomic E-state index is -0.625. The van der Waals surface area contributed by atoms with Gasteiger partial charge in [0.05, 0.1) is 0 Å². The van der Waals surface area contributed by atoms with Crippen molar-refractivity contribution in [3.8, 4) is 0 Å². The normalized spacial score (nSPS) is 9.59. The molecule has 82 valence electrons. The molecule has 4 nitrogen and oxygen atoms in total. The number of hydrogen-bond acceptors (Lipinski definition) is 3. The number of aromatic nitrogens is 1. The molecule has 0 spiro atoms. The Morgan fingerprint density at radius 3 is 2.47 bits per heavy atom. The molecule has 1 aromatic heterocycles. The second kappa shape index (κ2) is 7.74. The van der Waals surface area contributed by atoms with Gasteiger partial charge in [-0.3, -0.25) is 15.5 Å². The van der Waals surface area contributed by atoms with Crippen LogP contribution in [0.25, 0.3) is 5.32 Å². The van der Waals surface area contributed by atoms with Gasteiger partial charge in [0, 0.05) is 6.20 Å². The first-order valence-electron chi connectivity index (χ1n) is 4.60. The minimum absolute atomic E-state index is 0. The van der Waals surface area contributed by atoms with Crippen molar-refractivity contribution in [3.63, 3.8) is 0 Å². The van der Waals surface area contributed by atoms with E-state index >= 15 is 0 Å². The van der Waals surface area contributed by atoms with Crippen LogP contribution in [0, 0.1) is 6.92 Å². The predicted octanol–water partition coefficient (Wildman–Crippen LogP) is -2.79. The monoisotopic (exact) mass is 220 g/mol. The van der Waals surface area contributed by atoms with E-state index in [0.717, 1.165) is 0 Å². The molecular weight excluding hydrogens is 206 g/mol. The Kier molecular flexibility index (Phi) is 8.58. The summed E-state index contributed by atoms with van der Waals surface area (Å²) in [6.45, 7) is 9.02. The van der Waals surface area contributed by atoms with Gasteiger partial charge in [-0.05, 0) is 20.8 Å². The van der Waals surface area contributed by atoms with Gasteiger partial charge in [-0.2, -0.15) is 6.07 Å². The van der Waals surface area contributed by atoms with E-state index < -0.39 is 11.7 Å². The number of rotatable bonds is 1. The molecule has 1 amide bonds. The number of ether oxygens (including phenoxy) is 1. The quantitative estimate of drug-likeness (QED) is 0.380. The molecule has 0 saturated carbocycles. The predicted molar refractivity (Wildman–Crippen MR) is 57.9 cm³/mol. The maximum atomic E-state index is 11.3. The van der Waals surface area contributed by atoms with E-state index in [4.69, 9.17) is 4.74 Å². The third kappa shape index (κ3) is 7.42. The maximum Gasteiger partial charge on any atom is 1.00 e. The second-order valence-electron chi connectivity index (χ2n) is 4.06. The van der Waals surface area contributed by atoms with E-state index in [2.05, 4.69) is 17.2 Å². The molecule has 1 rings (SSSR count). The molecule has 1 heterocycles. The Balaban J connectivity index is 0. The average Bonchev–Trinajstić information content (AvgIpc) is 2.05. The van der Waals surface area contributed by atoms with Gasteiger partial charge in [-0.1, -0.05) is 6.07 Å². The Morgan fingerprint density at radius 1 is 1.41 bits per heavy atom. The van der Waals surface area contributed by atoms with E-state index in [1.165, 1.54) is 0 Å². The third-order valence-corrected chi connectivity index (χ3v) is 1.47. The zero-order chi connectivity index (χ0) is 11.5. The molecule has 0 bridgehead atoms. The van der Waals surface area contributed by atoms with Crippen LogP contribution in [0.5, 0.6) is 0 Å². The van der Waals surface area contributed by atoms with Crippen LogP contribution < -0.4 is 37.7 Å². The number of amides is 1. The molecule has 0 saturated heterocycles. The fourth-order valence-corrected chi connectivity index (χ4v) is 0.914. The van der Waals surface area contributed by atoms with Gasteiger partial charge in [0.1, 0.15) is 5.60 Å². The average molecular weight is 220 g/mol. The van der Waals surface area contributed by atoms with Gasteiger partial charge in [0.15, 0.2) is 0 Å². The van der Waals surface area contributed by atoms with E-state index in [1.54, 1.807) is 39.1 Å². The van der Waals surface area contributed by atoms with E-state index in [0.29, 0.717) is 11.4 Å². The molecule has 6 heteroatoms. The molecule has 0 unspecified atom stereocenters. The van der Waals surface area contributed by atoms with Crippen molar-refractivity contribution < 1.29 is 47.3 Å². The summed E-state index contributed by atoms with van der Waals surface area (Å²) in [6.07, 6.45) is 0.969. The van der Waals surface area contributed by atoms with Crippen molar-refractivity contribution in [1.29, 1.82) is 0 Å². The molecule has 0 aliphatic carbocycles. The summed E-state index contributed by atoms with van der Waals surface area (Å²) in [4.78, 5) is 15.3. The Labute approximate surface area is 126 Å². The van der Waals surface area contributed by atoms with Gasteiger partial charge < -0.3 is 10.1 Å². The first-order valence-corrected chi connectivity index (χ1v) is 4.60. The van der Waals surface area contributed by atoms with Gasteiger partial charge >= 0.3 is 37.7 Å². The third-order valence-electron chi connectivity index (χ3n) is 1.47. The van der Waals surface area contributed by atoms with Crippen LogP contribution in [-0.2, 0) is 4.74 Å². The van der Waals surface area contributed by atoms with Crippen molar-refractivity contribution in [1.82, 2.24) is 4.98 Å².